The summed E-state index contributed by atoms with van der Waals surface area (Å²) in [5.41, 5.74) is 0.882. The van der Waals surface area contributed by atoms with Gasteiger partial charge in [0.15, 0.2) is 0 Å². The fourth-order valence-electron chi connectivity index (χ4n) is 1.78. The van der Waals surface area contributed by atoms with Crippen LogP contribution >= 0.6 is 11.8 Å². The van der Waals surface area contributed by atoms with Gasteiger partial charge in [0.1, 0.15) is 6.61 Å². The van der Waals surface area contributed by atoms with E-state index in [1.54, 1.807) is 11.8 Å². The highest BCUT2D eigenvalue weighted by molar-refractivity contribution is 7.99. The van der Waals surface area contributed by atoms with Gasteiger partial charge in [-0.15, -0.1) is 11.8 Å². The molecular weight excluding hydrogens is 260 g/mol. The van der Waals surface area contributed by atoms with Crippen LogP contribution in [0.1, 0.15) is 11.5 Å². The monoisotopic (exact) mass is 273 g/mol. The van der Waals surface area contributed by atoms with Crippen molar-refractivity contribution in [2.24, 2.45) is 0 Å². The number of thioether (sulfide) groups is 1. The number of halogens is 2. The first-order valence-electron chi connectivity index (χ1n) is 5.51. The fourth-order valence-corrected chi connectivity index (χ4v) is 3.00. The van der Waals surface area contributed by atoms with Gasteiger partial charge < -0.3 is 10.4 Å². The number of alkyl halides is 2. The van der Waals surface area contributed by atoms with Gasteiger partial charge in [-0.3, -0.25) is 4.79 Å². The molecule has 0 radical (unpaired) electrons. The van der Waals surface area contributed by atoms with Crippen LogP contribution in [-0.4, -0.2) is 35.8 Å². The maximum atomic E-state index is 12.8. The van der Waals surface area contributed by atoms with Gasteiger partial charge in [0.2, 0.25) is 5.91 Å². The van der Waals surface area contributed by atoms with E-state index in [9.17, 15) is 13.6 Å². The van der Waals surface area contributed by atoms with Crippen molar-refractivity contribution in [2.45, 2.75) is 16.7 Å². The van der Waals surface area contributed by atoms with E-state index in [1.807, 2.05) is 24.3 Å². The Balaban J connectivity index is 2.00. The molecule has 0 aromatic heterocycles. The standard InChI is InChI=1S/C12H13F2NO2S/c13-12(14,7-16)6-15-11(17)9-5-18-10-4-2-1-3-8(9)10/h1-4,9,16H,5-7H2,(H,15,17). The van der Waals surface area contributed by atoms with Crippen molar-refractivity contribution in [1.82, 2.24) is 5.32 Å². The molecule has 2 N–H and O–H groups in total. The van der Waals surface area contributed by atoms with Crippen LogP contribution in [0.4, 0.5) is 8.78 Å². The molecule has 0 bridgehead atoms. The average Bonchev–Trinajstić information content (AvgIpc) is 2.80. The molecule has 1 amide bonds. The van der Waals surface area contributed by atoms with Crippen LogP contribution in [0.3, 0.4) is 0 Å². The molecule has 0 aliphatic carbocycles. The van der Waals surface area contributed by atoms with Crippen LogP contribution in [-0.2, 0) is 4.79 Å². The van der Waals surface area contributed by atoms with Gasteiger partial charge in [-0.2, -0.15) is 0 Å². The molecular formula is C12H13F2NO2S. The Morgan fingerprint density at radius 1 is 1.50 bits per heavy atom. The number of amides is 1. The lowest BCUT2D eigenvalue weighted by Gasteiger charge is -2.16. The maximum Gasteiger partial charge on any atom is 0.287 e. The first-order valence-corrected chi connectivity index (χ1v) is 6.50. The van der Waals surface area contributed by atoms with E-state index in [0.717, 1.165) is 10.5 Å². The quantitative estimate of drug-likeness (QED) is 0.876. The Morgan fingerprint density at radius 3 is 2.94 bits per heavy atom. The zero-order chi connectivity index (χ0) is 13.2. The van der Waals surface area contributed by atoms with Crippen molar-refractivity contribution in [2.75, 3.05) is 18.9 Å². The van der Waals surface area contributed by atoms with Crippen molar-refractivity contribution < 1.29 is 18.7 Å². The van der Waals surface area contributed by atoms with Gasteiger partial charge in [-0.05, 0) is 11.6 Å². The Bertz CT molecular complexity index is 453. The summed E-state index contributed by atoms with van der Waals surface area (Å²) in [5, 5.41) is 10.6. The summed E-state index contributed by atoms with van der Waals surface area (Å²) in [6, 6.07) is 7.46. The van der Waals surface area contributed by atoms with E-state index in [-0.39, 0.29) is 5.92 Å². The largest absolute Gasteiger partial charge is 0.390 e. The molecule has 2 rings (SSSR count). The van der Waals surface area contributed by atoms with Crippen molar-refractivity contribution in [1.29, 1.82) is 0 Å². The van der Waals surface area contributed by atoms with Gasteiger partial charge in [-0.25, -0.2) is 8.78 Å². The highest BCUT2D eigenvalue weighted by atomic mass is 32.2. The molecule has 1 atom stereocenters. The Hall–Kier alpha value is -1.14. The van der Waals surface area contributed by atoms with E-state index in [4.69, 9.17) is 5.11 Å². The molecule has 1 aromatic rings. The van der Waals surface area contributed by atoms with Crippen molar-refractivity contribution in [3.63, 3.8) is 0 Å². The topological polar surface area (TPSA) is 49.3 Å². The van der Waals surface area contributed by atoms with Gasteiger partial charge in [0, 0.05) is 10.6 Å². The second kappa shape index (κ2) is 5.24. The predicted molar refractivity (Wildman–Crippen MR) is 64.9 cm³/mol. The number of hydrogen-bond acceptors (Lipinski definition) is 3. The second-order valence-corrected chi connectivity index (χ2v) is 5.20. The number of fused-ring (bicyclic) bond motifs is 1. The number of benzene rings is 1. The summed E-state index contributed by atoms with van der Waals surface area (Å²) in [6.45, 7) is -2.09. The zero-order valence-corrected chi connectivity index (χ0v) is 10.3. The Kier molecular flexibility index (Phi) is 3.87. The normalized spacial score (nSPS) is 18.5. The molecule has 1 unspecified atom stereocenters. The molecule has 1 aliphatic rings. The molecule has 0 fully saturated rings. The SMILES string of the molecule is O=C(NCC(F)(F)CO)C1CSc2ccccc21. The number of aliphatic hydroxyl groups excluding tert-OH is 1. The highest BCUT2D eigenvalue weighted by Gasteiger charge is 2.32. The average molecular weight is 273 g/mol. The zero-order valence-electron chi connectivity index (χ0n) is 9.53. The minimum atomic E-state index is -3.26. The number of nitrogens with one attached hydrogen (secondary N) is 1. The van der Waals surface area contributed by atoms with Crippen molar-refractivity contribution >= 4 is 17.7 Å². The van der Waals surface area contributed by atoms with Gasteiger partial charge in [0.05, 0.1) is 12.5 Å². The number of carbonyl (C=O) groups is 1. The predicted octanol–water partition coefficient (Wildman–Crippen LogP) is 1.62. The third-order valence-electron chi connectivity index (χ3n) is 2.77. The van der Waals surface area contributed by atoms with E-state index in [1.165, 1.54) is 0 Å². The fraction of sp³-hybridized carbons (Fsp3) is 0.417. The molecule has 3 nitrogen and oxygen atoms in total. The first kappa shape index (κ1) is 13.3. The molecule has 1 aliphatic heterocycles. The summed E-state index contributed by atoms with van der Waals surface area (Å²) in [6.07, 6.45) is 0. The van der Waals surface area contributed by atoms with E-state index in [0.29, 0.717) is 5.75 Å². The second-order valence-electron chi connectivity index (χ2n) is 4.13. The molecule has 98 valence electrons. The van der Waals surface area contributed by atoms with Crippen LogP contribution in [0.2, 0.25) is 0 Å². The molecule has 0 spiro atoms. The molecule has 0 saturated carbocycles. The summed E-state index contributed by atoms with van der Waals surface area (Å²) < 4.78 is 25.7. The van der Waals surface area contributed by atoms with Crippen LogP contribution in [0.15, 0.2) is 29.2 Å². The van der Waals surface area contributed by atoms with E-state index >= 15 is 0 Å². The summed E-state index contributed by atoms with van der Waals surface area (Å²) >= 11 is 1.55. The summed E-state index contributed by atoms with van der Waals surface area (Å²) in [4.78, 5) is 12.9. The maximum absolute atomic E-state index is 12.8. The van der Waals surface area contributed by atoms with Crippen LogP contribution < -0.4 is 5.32 Å². The van der Waals surface area contributed by atoms with Crippen molar-refractivity contribution in [3.8, 4) is 0 Å². The molecule has 18 heavy (non-hydrogen) atoms. The van der Waals surface area contributed by atoms with E-state index < -0.39 is 25.0 Å². The van der Waals surface area contributed by atoms with E-state index in [2.05, 4.69) is 5.32 Å². The molecule has 1 heterocycles. The Labute approximate surface area is 108 Å². The van der Waals surface area contributed by atoms with Gasteiger partial charge in [-0.1, -0.05) is 18.2 Å². The smallest absolute Gasteiger partial charge is 0.287 e. The number of rotatable bonds is 4. The van der Waals surface area contributed by atoms with Crippen LogP contribution in [0.25, 0.3) is 0 Å². The van der Waals surface area contributed by atoms with Crippen molar-refractivity contribution in [3.05, 3.63) is 29.8 Å². The summed E-state index contributed by atoms with van der Waals surface area (Å²) in [5.74, 6) is -3.50. The molecule has 6 heteroatoms. The highest BCUT2D eigenvalue weighted by Crippen LogP contribution is 2.39. The lowest BCUT2D eigenvalue weighted by Crippen LogP contribution is -2.41. The number of hydrogen-bond donors (Lipinski definition) is 2. The summed E-state index contributed by atoms with van der Waals surface area (Å²) in [7, 11) is 0. The number of aliphatic hydroxyl groups is 1. The van der Waals surface area contributed by atoms with Crippen LogP contribution in [0, 0.1) is 0 Å². The number of carbonyl (C=O) groups excluding carboxylic acids is 1. The first-order chi connectivity index (χ1) is 8.53. The Morgan fingerprint density at radius 2 is 2.22 bits per heavy atom. The minimum Gasteiger partial charge on any atom is -0.390 e. The molecule has 1 aromatic carbocycles. The molecule has 0 saturated heterocycles. The van der Waals surface area contributed by atoms with Gasteiger partial charge in [0.25, 0.3) is 5.92 Å². The lowest BCUT2D eigenvalue weighted by molar-refractivity contribution is -0.125. The third-order valence-corrected chi connectivity index (χ3v) is 3.95. The van der Waals surface area contributed by atoms with Crippen LogP contribution in [0.5, 0.6) is 0 Å². The lowest BCUT2D eigenvalue weighted by atomic mass is 10.0. The minimum absolute atomic E-state index is 0.388. The third kappa shape index (κ3) is 2.81. The van der Waals surface area contributed by atoms with Gasteiger partial charge >= 0.3 is 0 Å².